The first kappa shape index (κ1) is 13.8. The number of carboxylic acid groups (broad SMARTS) is 1. The van der Waals surface area contributed by atoms with Gasteiger partial charge in [-0.05, 0) is 30.9 Å². The summed E-state index contributed by atoms with van der Waals surface area (Å²) in [5.74, 6) is 1.14. The molecule has 0 aromatic carbocycles. The molecule has 0 fully saturated rings. The smallest absolute Gasteiger partial charge is 0.303 e. The molecular formula is C11H22O2S. The molecule has 0 amide bonds. The molecule has 14 heavy (non-hydrogen) atoms. The van der Waals surface area contributed by atoms with Crippen LogP contribution in [0.1, 0.15) is 46.5 Å². The summed E-state index contributed by atoms with van der Waals surface area (Å²) in [6.07, 6.45) is 3.44. The van der Waals surface area contributed by atoms with Gasteiger partial charge in [-0.3, -0.25) is 4.79 Å². The summed E-state index contributed by atoms with van der Waals surface area (Å²) in [7, 11) is 0. The summed E-state index contributed by atoms with van der Waals surface area (Å²) in [5.41, 5.74) is 0. The molecular weight excluding hydrogens is 196 g/mol. The zero-order valence-electron chi connectivity index (χ0n) is 9.45. The average Bonchev–Trinajstić information content (AvgIpc) is 2.09. The molecule has 0 aliphatic carbocycles. The first-order valence-electron chi connectivity index (χ1n) is 5.39. The van der Waals surface area contributed by atoms with Crippen molar-refractivity contribution in [2.24, 2.45) is 5.92 Å². The van der Waals surface area contributed by atoms with Crippen LogP contribution in [0.3, 0.4) is 0 Å². The fourth-order valence-electron chi connectivity index (χ4n) is 1.36. The maximum Gasteiger partial charge on any atom is 0.303 e. The second-order valence-corrected chi connectivity index (χ2v) is 5.46. The van der Waals surface area contributed by atoms with E-state index < -0.39 is 5.97 Å². The van der Waals surface area contributed by atoms with Crippen LogP contribution in [-0.2, 0) is 4.79 Å². The lowest BCUT2D eigenvalue weighted by atomic mass is 10.0. The molecule has 1 unspecified atom stereocenters. The lowest BCUT2D eigenvalue weighted by Gasteiger charge is -2.17. The highest BCUT2D eigenvalue weighted by atomic mass is 32.2. The van der Waals surface area contributed by atoms with Crippen LogP contribution in [-0.4, -0.2) is 22.1 Å². The van der Waals surface area contributed by atoms with Crippen molar-refractivity contribution >= 4 is 17.7 Å². The third-order valence-corrected chi connectivity index (χ3v) is 3.52. The lowest BCUT2D eigenvalue weighted by Crippen LogP contribution is -2.10. The Kier molecular flexibility index (Phi) is 8.05. The molecule has 1 N–H and O–H groups in total. The van der Waals surface area contributed by atoms with Gasteiger partial charge in [0.15, 0.2) is 0 Å². The monoisotopic (exact) mass is 218 g/mol. The molecule has 2 nitrogen and oxygen atoms in total. The largest absolute Gasteiger partial charge is 0.481 e. The van der Waals surface area contributed by atoms with Gasteiger partial charge in [-0.15, -0.1) is 0 Å². The number of carbonyl (C=O) groups is 1. The number of hydrogen-bond acceptors (Lipinski definition) is 2. The van der Waals surface area contributed by atoms with Gasteiger partial charge in [-0.2, -0.15) is 11.8 Å². The van der Waals surface area contributed by atoms with Crippen molar-refractivity contribution in [2.75, 3.05) is 5.75 Å². The zero-order chi connectivity index (χ0) is 11.0. The Morgan fingerprint density at radius 3 is 2.50 bits per heavy atom. The van der Waals surface area contributed by atoms with E-state index in [4.69, 9.17) is 5.11 Å². The van der Waals surface area contributed by atoms with E-state index in [9.17, 15) is 4.79 Å². The fourth-order valence-corrected chi connectivity index (χ4v) is 2.74. The molecule has 0 rings (SSSR count). The average molecular weight is 218 g/mol. The van der Waals surface area contributed by atoms with E-state index in [0.29, 0.717) is 17.6 Å². The van der Waals surface area contributed by atoms with Gasteiger partial charge in [-0.1, -0.05) is 20.8 Å². The van der Waals surface area contributed by atoms with Gasteiger partial charge in [0.1, 0.15) is 0 Å². The summed E-state index contributed by atoms with van der Waals surface area (Å²) in [6.45, 7) is 6.55. The zero-order valence-corrected chi connectivity index (χ0v) is 10.3. The molecule has 0 aromatic heterocycles. The van der Waals surface area contributed by atoms with Gasteiger partial charge < -0.3 is 5.11 Å². The van der Waals surface area contributed by atoms with Crippen LogP contribution < -0.4 is 0 Å². The highest BCUT2D eigenvalue weighted by Gasteiger charge is 2.12. The molecule has 0 bridgehead atoms. The van der Waals surface area contributed by atoms with Crippen molar-refractivity contribution in [3.8, 4) is 0 Å². The molecule has 3 heteroatoms. The van der Waals surface area contributed by atoms with Crippen LogP contribution in [0.4, 0.5) is 0 Å². The Balaban J connectivity index is 3.77. The van der Waals surface area contributed by atoms with Crippen molar-refractivity contribution in [3.05, 3.63) is 0 Å². The van der Waals surface area contributed by atoms with Gasteiger partial charge in [-0.25, -0.2) is 0 Å². The molecule has 0 aromatic rings. The minimum Gasteiger partial charge on any atom is -0.481 e. The summed E-state index contributed by atoms with van der Waals surface area (Å²) in [6, 6.07) is 0. The molecule has 0 aliphatic heterocycles. The molecule has 0 heterocycles. The van der Waals surface area contributed by atoms with Crippen LogP contribution in [0.15, 0.2) is 0 Å². The minimum absolute atomic E-state index is 0.314. The standard InChI is InChI=1S/C11H22O2S/c1-4-7-14-10(8-9(2)3)5-6-11(12)13/h9-10H,4-8H2,1-3H3,(H,12,13). The Hall–Kier alpha value is -0.180. The van der Waals surface area contributed by atoms with E-state index in [0.717, 1.165) is 18.6 Å². The normalized spacial score (nSPS) is 13.1. The van der Waals surface area contributed by atoms with Gasteiger partial charge in [0.2, 0.25) is 0 Å². The molecule has 1 atom stereocenters. The molecule has 0 saturated heterocycles. The highest BCUT2D eigenvalue weighted by Crippen LogP contribution is 2.24. The third kappa shape index (κ3) is 8.42. The second kappa shape index (κ2) is 8.16. The van der Waals surface area contributed by atoms with Gasteiger partial charge in [0.05, 0.1) is 0 Å². The summed E-state index contributed by atoms with van der Waals surface area (Å²) < 4.78 is 0. The number of thioether (sulfide) groups is 1. The summed E-state index contributed by atoms with van der Waals surface area (Å²) in [5, 5.41) is 9.15. The van der Waals surface area contributed by atoms with Crippen molar-refractivity contribution in [1.29, 1.82) is 0 Å². The van der Waals surface area contributed by atoms with Crippen LogP contribution in [0.2, 0.25) is 0 Å². The SMILES string of the molecule is CCCSC(CCC(=O)O)CC(C)C. The number of carboxylic acids is 1. The minimum atomic E-state index is -0.671. The van der Waals surface area contributed by atoms with E-state index in [1.807, 2.05) is 11.8 Å². The van der Waals surface area contributed by atoms with Gasteiger partial charge in [0.25, 0.3) is 0 Å². The van der Waals surface area contributed by atoms with Crippen molar-refractivity contribution in [3.63, 3.8) is 0 Å². The maximum atomic E-state index is 10.5. The first-order chi connectivity index (χ1) is 6.56. The van der Waals surface area contributed by atoms with Crippen LogP contribution in [0.25, 0.3) is 0 Å². The topological polar surface area (TPSA) is 37.3 Å². The summed E-state index contributed by atoms with van der Waals surface area (Å²) in [4.78, 5) is 10.5. The van der Waals surface area contributed by atoms with E-state index >= 15 is 0 Å². The summed E-state index contributed by atoms with van der Waals surface area (Å²) >= 11 is 1.93. The van der Waals surface area contributed by atoms with Crippen molar-refractivity contribution in [1.82, 2.24) is 0 Å². The Bertz CT molecular complexity index is 157. The van der Waals surface area contributed by atoms with Crippen LogP contribution in [0, 0.1) is 5.92 Å². The van der Waals surface area contributed by atoms with Gasteiger partial charge in [0, 0.05) is 11.7 Å². The predicted octanol–water partition coefficient (Wildman–Crippen LogP) is 3.41. The number of rotatable bonds is 8. The number of aliphatic carboxylic acids is 1. The van der Waals surface area contributed by atoms with E-state index in [-0.39, 0.29) is 0 Å². The fraction of sp³-hybridized carbons (Fsp3) is 0.909. The quantitative estimate of drug-likeness (QED) is 0.678. The molecule has 0 aliphatic rings. The van der Waals surface area contributed by atoms with Gasteiger partial charge >= 0.3 is 5.97 Å². The molecule has 84 valence electrons. The molecule has 0 radical (unpaired) electrons. The highest BCUT2D eigenvalue weighted by molar-refractivity contribution is 7.99. The Morgan fingerprint density at radius 2 is 2.07 bits per heavy atom. The van der Waals surface area contributed by atoms with Crippen molar-refractivity contribution in [2.45, 2.75) is 51.7 Å². The first-order valence-corrected chi connectivity index (χ1v) is 6.44. The Labute approximate surface area is 91.5 Å². The van der Waals surface area contributed by atoms with E-state index in [2.05, 4.69) is 20.8 Å². The Morgan fingerprint density at radius 1 is 1.43 bits per heavy atom. The van der Waals surface area contributed by atoms with Crippen LogP contribution in [0.5, 0.6) is 0 Å². The third-order valence-electron chi connectivity index (χ3n) is 1.97. The molecule has 0 spiro atoms. The lowest BCUT2D eigenvalue weighted by molar-refractivity contribution is -0.137. The predicted molar refractivity (Wildman–Crippen MR) is 62.9 cm³/mol. The maximum absolute atomic E-state index is 10.5. The van der Waals surface area contributed by atoms with E-state index in [1.54, 1.807) is 0 Å². The number of hydrogen-bond donors (Lipinski definition) is 1. The van der Waals surface area contributed by atoms with Crippen LogP contribution >= 0.6 is 11.8 Å². The van der Waals surface area contributed by atoms with E-state index in [1.165, 1.54) is 6.42 Å². The molecule has 0 saturated carbocycles. The van der Waals surface area contributed by atoms with Crippen molar-refractivity contribution < 1.29 is 9.90 Å². The second-order valence-electron chi connectivity index (χ2n) is 4.05.